The molecule has 1 fully saturated rings. The fraction of sp³-hybridized carbons (Fsp3) is 0.467. The lowest BCUT2D eigenvalue weighted by Crippen LogP contribution is -2.40. The molecule has 1 saturated heterocycles. The summed E-state index contributed by atoms with van der Waals surface area (Å²) >= 11 is 0. The molecule has 1 heterocycles. The molecule has 0 spiro atoms. The van der Waals surface area contributed by atoms with Gasteiger partial charge in [-0.3, -0.25) is 9.59 Å². The Labute approximate surface area is 118 Å². The second-order valence-corrected chi connectivity index (χ2v) is 5.85. The van der Waals surface area contributed by atoms with Crippen molar-refractivity contribution < 1.29 is 19.1 Å². The molecule has 1 aliphatic heterocycles. The summed E-state index contributed by atoms with van der Waals surface area (Å²) in [5.41, 5.74) is 5.90. The summed E-state index contributed by atoms with van der Waals surface area (Å²) in [7, 11) is 0. The quantitative estimate of drug-likeness (QED) is 0.830. The Morgan fingerprint density at radius 2 is 1.85 bits per heavy atom. The van der Waals surface area contributed by atoms with Gasteiger partial charge in [0.15, 0.2) is 0 Å². The molecule has 0 amide bonds. The lowest BCUT2D eigenvalue weighted by Gasteiger charge is -2.24. The first-order valence-electron chi connectivity index (χ1n) is 6.53. The lowest BCUT2D eigenvalue weighted by molar-refractivity contribution is -0.162. The summed E-state index contributed by atoms with van der Waals surface area (Å²) in [6, 6.07) is 8.09. The molecule has 1 aromatic rings. The number of nitrogens with two attached hydrogens (primary N) is 1. The van der Waals surface area contributed by atoms with Crippen molar-refractivity contribution in [1.82, 2.24) is 0 Å². The topological polar surface area (TPSA) is 78.6 Å². The van der Waals surface area contributed by atoms with Crippen LogP contribution in [0.25, 0.3) is 0 Å². The Hall–Kier alpha value is -1.88. The van der Waals surface area contributed by atoms with Crippen molar-refractivity contribution in [3.8, 4) is 0 Å². The van der Waals surface area contributed by atoms with Gasteiger partial charge in [0.2, 0.25) is 0 Å². The second kappa shape index (κ2) is 5.25. The van der Waals surface area contributed by atoms with Crippen LogP contribution < -0.4 is 5.73 Å². The van der Waals surface area contributed by atoms with Crippen molar-refractivity contribution in [1.29, 1.82) is 0 Å². The molecule has 5 nitrogen and oxygen atoms in total. The van der Waals surface area contributed by atoms with E-state index in [4.69, 9.17) is 15.2 Å². The van der Waals surface area contributed by atoms with E-state index >= 15 is 0 Å². The second-order valence-electron chi connectivity index (χ2n) is 5.85. The molecular formula is C15H19NO4. The first-order chi connectivity index (χ1) is 9.29. The molecule has 0 aromatic heterocycles. The smallest absolute Gasteiger partial charge is 0.324 e. The predicted molar refractivity (Wildman–Crippen MR) is 72.6 cm³/mol. The van der Waals surface area contributed by atoms with Crippen LogP contribution in [0.1, 0.15) is 32.4 Å². The molecule has 2 N–H and O–H groups in total. The first kappa shape index (κ1) is 14.5. The molecule has 0 radical (unpaired) electrons. The average molecular weight is 277 g/mol. The highest BCUT2D eigenvalue weighted by Gasteiger charge is 2.49. The number of benzene rings is 1. The number of rotatable bonds is 2. The van der Waals surface area contributed by atoms with Crippen LogP contribution in [0.4, 0.5) is 0 Å². The van der Waals surface area contributed by atoms with Gasteiger partial charge in [-0.25, -0.2) is 0 Å². The maximum atomic E-state index is 12.3. The van der Waals surface area contributed by atoms with E-state index < -0.39 is 35.6 Å². The third-order valence-corrected chi connectivity index (χ3v) is 3.04. The van der Waals surface area contributed by atoms with E-state index in [1.807, 2.05) is 18.2 Å². The minimum atomic E-state index is -0.991. The van der Waals surface area contributed by atoms with Crippen LogP contribution in [0, 0.1) is 5.92 Å². The van der Waals surface area contributed by atoms with E-state index in [0.717, 1.165) is 5.56 Å². The van der Waals surface area contributed by atoms with Crippen LogP contribution in [-0.4, -0.2) is 23.6 Å². The molecule has 3 atom stereocenters. The highest BCUT2D eigenvalue weighted by atomic mass is 16.6. The highest BCUT2D eigenvalue weighted by Crippen LogP contribution is 2.36. The van der Waals surface area contributed by atoms with Crippen LogP contribution in [0.3, 0.4) is 0 Å². The fourth-order valence-electron chi connectivity index (χ4n) is 2.17. The zero-order valence-corrected chi connectivity index (χ0v) is 11.8. The van der Waals surface area contributed by atoms with Crippen molar-refractivity contribution in [2.24, 2.45) is 11.7 Å². The Bertz CT molecular complexity index is 506. The number of cyclic esters (lactones) is 1. The summed E-state index contributed by atoms with van der Waals surface area (Å²) in [6.07, 6.45) is -0.687. The summed E-state index contributed by atoms with van der Waals surface area (Å²) in [6.45, 7) is 5.31. The third kappa shape index (κ3) is 2.99. The molecule has 1 aromatic carbocycles. The number of esters is 2. The SMILES string of the molecule is CC(C)(C)OC(=O)[C@H]1C(N)C(=O)OC1c1ccccc1. The molecule has 2 rings (SSSR count). The van der Waals surface area contributed by atoms with Gasteiger partial charge in [0.1, 0.15) is 23.7 Å². The number of ether oxygens (including phenoxy) is 2. The minimum absolute atomic E-state index is 0.510. The van der Waals surface area contributed by atoms with Crippen molar-refractivity contribution in [3.05, 3.63) is 35.9 Å². The van der Waals surface area contributed by atoms with E-state index in [1.54, 1.807) is 32.9 Å². The number of hydrogen-bond acceptors (Lipinski definition) is 5. The fourth-order valence-corrected chi connectivity index (χ4v) is 2.17. The maximum absolute atomic E-state index is 12.3. The molecular weight excluding hydrogens is 258 g/mol. The van der Waals surface area contributed by atoms with Gasteiger partial charge in [0, 0.05) is 0 Å². The molecule has 2 unspecified atom stereocenters. The summed E-state index contributed by atoms with van der Waals surface area (Å²) in [5, 5.41) is 0. The van der Waals surface area contributed by atoms with Gasteiger partial charge in [-0.05, 0) is 26.3 Å². The van der Waals surface area contributed by atoms with Gasteiger partial charge in [0.25, 0.3) is 0 Å². The number of hydrogen-bond donors (Lipinski definition) is 1. The van der Waals surface area contributed by atoms with Crippen molar-refractivity contribution in [2.45, 2.75) is 38.5 Å². The van der Waals surface area contributed by atoms with Crippen LogP contribution in [0.2, 0.25) is 0 Å². The maximum Gasteiger partial charge on any atom is 0.324 e. The van der Waals surface area contributed by atoms with Gasteiger partial charge < -0.3 is 15.2 Å². The van der Waals surface area contributed by atoms with Crippen LogP contribution >= 0.6 is 0 Å². The van der Waals surface area contributed by atoms with Crippen LogP contribution in [0.15, 0.2) is 30.3 Å². The Balaban J connectivity index is 2.27. The summed E-state index contributed by atoms with van der Waals surface area (Å²) in [5.74, 6) is -1.90. The molecule has 5 heteroatoms. The van der Waals surface area contributed by atoms with Crippen molar-refractivity contribution in [2.75, 3.05) is 0 Å². The zero-order valence-electron chi connectivity index (χ0n) is 11.8. The molecule has 108 valence electrons. The highest BCUT2D eigenvalue weighted by molar-refractivity contribution is 5.88. The zero-order chi connectivity index (χ0) is 14.9. The average Bonchev–Trinajstić information content (AvgIpc) is 2.65. The minimum Gasteiger partial charge on any atom is -0.460 e. The van der Waals surface area contributed by atoms with Gasteiger partial charge in [-0.15, -0.1) is 0 Å². The monoisotopic (exact) mass is 277 g/mol. The van der Waals surface area contributed by atoms with Crippen molar-refractivity contribution in [3.63, 3.8) is 0 Å². The van der Waals surface area contributed by atoms with Gasteiger partial charge in [-0.2, -0.15) is 0 Å². The third-order valence-electron chi connectivity index (χ3n) is 3.04. The van der Waals surface area contributed by atoms with E-state index in [0.29, 0.717) is 0 Å². The summed E-state index contributed by atoms with van der Waals surface area (Å²) in [4.78, 5) is 23.9. The lowest BCUT2D eigenvalue weighted by atomic mass is 9.92. The largest absolute Gasteiger partial charge is 0.460 e. The number of carbonyl (C=O) groups excluding carboxylic acids is 2. The molecule has 20 heavy (non-hydrogen) atoms. The normalized spacial score (nSPS) is 26.2. The van der Waals surface area contributed by atoms with E-state index in [9.17, 15) is 9.59 Å². The molecule has 0 saturated carbocycles. The van der Waals surface area contributed by atoms with Crippen molar-refractivity contribution >= 4 is 11.9 Å². The van der Waals surface area contributed by atoms with Gasteiger partial charge >= 0.3 is 11.9 Å². The molecule has 0 aliphatic carbocycles. The van der Waals surface area contributed by atoms with Crippen LogP contribution in [0.5, 0.6) is 0 Å². The molecule has 1 aliphatic rings. The summed E-state index contributed by atoms with van der Waals surface area (Å²) < 4.78 is 10.6. The van der Waals surface area contributed by atoms with E-state index in [2.05, 4.69) is 0 Å². The first-order valence-corrected chi connectivity index (χ1v) is 6.53. The van der Waals surface area contributed by atoms with E-state index in [-0.39, 0.29) is 0 Å². The Morgan fingerprint density at radius 1 is 1.25 bits per heavy atom. The predicted octanol–water partition coefficient (Wildman–Crippen LogP) is 1.57. The Morgan fingerprint density at radius 3 is 2.40 bits per heavy atom. The van der Waals surface area contributed by atoms with E-state index in [1.165, 1.54) is 0 Å². The Kier molecular flexibility index (Phi) is 3.81. The number of carbonyl (C=O) groups is 2. The van der Waals surface area contributed by atoms with Gasteiger partial charge in [-0.1, -0.05) is 30.3 Å². The molecule has 0 bridgehead atoms. The van der Waals surface area contributed by atoms with Gasteiger partial charge in [0.05, 0.1) is 0 Å². The standard InChI is InChI=1S/C15H19NO4/c1-15(2,3)20-13(17)10-11(16)14(18)19-12(10)9-7-5-4-6-8-9/h4-8,10-12H,16H2,1-3H3/t10-,11?,12?/m0/s1. The van der Waals surface area contributed by atoms with Crippen LogP contribution in [-0.2, 0) is 19.1 Å².